The maximum absolute atomic E-state index is 13.1. The van der Waals surface area contributed by atoms with E-state index >= 15 is 0 Å². The number of ether oxygens (including phenoxy) is 1. The molecule has 1 saturated heterocycles. The lowest BCUT2D eigenvalue weighted by atomic mass is 9.85. The van der Waals surface area contributed by atoms with Crippen LogP contribution >= 0.6 is 0 Å². The first kappa shape index (κ1) is 24.4. The molecule has 1 heterocycles. The van der Waals surface area contributed by atoms with Crippen molar-refractivity contribution in [3.63, 3.8) is 0 Å². The Kier molecular flexibility index (Phi) is 7.46. The normalized spacial score (nSPS) is 21.5. The second-order valence-electron chi connectivity index (χ2n) is 9.05. The Morgan fingerprint density at radius 2 is 1.55 bits per heavy atom. The van der Waals surface area contributed by atoms with Gasteiger partial charge in [-0.3, -0.25) is 24.1 Å². The average Bonchev–Trinajstić information content (AvgIpc) is 3.02. The lowest BCUT2D eigenvalue weighted by Gasteiger charge is -2.27. The van der Waals surface area contributed by atoms with Crippen LogP contribution in [-0.4, -0.2) is 46.5 Å². The average molecular weight is 455 g/mol. The van der Waals surface area contributed by atoms with Crippen LogP contribution in [0.25, 0.3) is 0 Å². The minimum atomic E-state index is -1.10. The smallest absolute Gasteiger partial charge is 0.330 e. The summed E-state index contributed by atoms with van der Waals surface area (Å²) in [7, 11) is 0. The third kappa shape index (κ3) is 5.38. The van der Waals surface area contributed by atoms with Crippen LogP contribution < -0.4 is 5.32 Å². The van der Waals surface area contributed by atoms with E-state index in [0.717, 1.165) is 4.90 Å². The molecule has 1 aliphatic carbocycles. The summed E-state index contributed by atoms with van der Waals surface area (Å²) in [4.78, 5) is 64.1. The molecular weight excluding hydrogens is 424 g/mol. The van der Waals surface area contributed by atoms with Gasteiger partial charge in [-0.2, -0.15) is 0 Å². The van der Waals surface area contributed by atoms with Gasteiger partial charge in [-0.25, -0.2) is 4.79 Å². The van der Waals surface area contributed by atoms with Crippen molar-refractivity contribution in [2.75, 3.05) is 5.32 Å². The number of ketones is 1. The van der Waals surface area contributed by atoms with Crippen LogP contribution in [0.4, 0.5) is 5.69 Å². The van der Waals surface area contributed by atoms with E-state index < -0.39 is 35.7 Å². The zero-order valence-corrected chi connectivity index (χ0v) is 19.4. The number of esters is 1. The van der Waals surface area contributed by atoms with Gasteiger partial charge in [-0.1, -0.05) is 26.0 Å². The van der Waals surface area contributed by atoms with Crippen molar-refractivity contribution in [2.24, 2.45) is 17.8 Å². The monoisotopic (exact) mass is 454 g/mol. The molecule has 8 nitrogen and oxygen atoms in total. The second-order valence-corrected chi connectivity index (χ2v) is 9.05. The highest BCUT2D eigenvalue weighted by Gasteiger charge is 2.51. The number of carbonyl (C=O) groups is 5. The number of hydrogen-bond donors (Lipinski definition) is 1. The number of anilines is 1. The number of benzene rings is 1. The van der Waals surface area contributed by atoms with Crippen LogP contribution in [-0.2, 0) is 23.9 Å². The van der Waals surface area contributed by atoms with Gasteiger partial charge in [0.2, 0.25) is 23.5 Å². The van der Waals surface area contributed by atoms with Crippen molar-refractivity contribution in [1.29, 1.82) is 0 Å². The third-order valence-corrected chi connectivity index (χ3v) is 5.97. The Morgan fingerprint density at radius 1 is 1.00 bits per heavy atom. The summed E-state index contributed by atoms with van der Waals surface area (Å²) in [6, 6.07) is 5.18. The molecular formula is C25H30N2O6. The minimum Gasteiger partial charge on any atom is -0.453 e. The second kappa shape index (κ2) is 10.1. The first-order chi connectivity index (χ1) is 15.6. The Balaban J connectivity index is 1.73. The number of imide groups is 1. The quantitative estimate of drug-likeness (QED) is 0.280. The van der Waals surface area contributed by atoms with Crippen molar-refractivity contribution in [3.05, 3.63) is 42.0 Å². The van der Waals surface area contributed by atoms with Crippen LogP contribution in [0.1, 0.15) is 57.3 Å². The van der Waals surface area contributed by atoms with E-state index in [9.17, 15) is 24.0 Å². The molecule has 1 N–H and O–H groups in total. The summed E-state index contributed by atoms with van der Waals surface area (Å²) in [5, 5.41) is 2.62. The number of carbonyl (C=O) groups excluding carboxylic acids is 5. The number of nitrogens with one attached hydrogen (secondary N) is 1. The maximum atomic E-state index is 13.1. The summed E-state index contributed by atoms with van der Waals surface area (Å²) in [6.45, 7) is 6.64. The van der Waals surface area contributed by atoms with Gasteiger partial charge in [-0.15, -0.1) is 0 Å². The van der Waals surface area contributed by atoms with E-state index in [1.54, 1.807) is 12.1 Å². The van der Waals surface area contributed by atoms with Crippen LogP contribution in [0.15, 0.2) is 36.4 Å². The van der Waals surface area contributed by atoms with E-state index in [1.807, 2.05) is 26.0 Å². The van der Waals surface area contributed by atoms with Gasteiger partial charge in [0.25, 0.3) is 0 Å². The van der Waals surface area contributed by atoms with Gasteiger partial charge in [0.05, 0.1) is 11.8 Å². The Bertz CT molecular complexity index is 955. The van der Waals surface area contributed by atoms with Crippen molar-refractivity contribution in [2.45, 2.75) is 59.1 Å². The van der Waals surface area contributed by atoms with Crippen molar-refractivity contribution in [3.8, 4) is 0 Å². The molecule has 8 heteroatoms. The van der Waals surface area contributed by atoms with E-state index in [4.69, 9.17) is 4.74 Å². The molecule has 1 aliphatic heterocycles. The number of nitrogens with zero attached hydrogens (tertiary/aromatic N) is 1. The SMILES string of the molecule is CC(=O)Nc1ccc(C(=O)C(C)OC(=O)C(CC(C)C)N2C(=O)C3CC=CCC3C2=O)cc1. The maximum Gasteiger partial charge on any atom is 0.330 e. The summed E-state index contributed by atoms with van der Waals surface area (Å²) >= 11 is 0. The summed E-state index contributed by atoms with van der Waals surface area (Å²) < 4.78 is 5.47. The molecule has 0 bridgehead atoms. The Labute approximate surface area is 193 Å². The molecule has 33 heavy (non-hydrogen) atoms. The van der Waals surface area contributed by atoms with E-state index in [-0.39, 0.29) is 30.1 Å². The molecule has 3 rings (SSSR count). The fourth-order valence-corrected chi connectivity index (χ4v) is 4.35. The van der Waals surface area contributed by atoms with Gasteiger partial charge in [0.1, 0.15) is 6.04 Å². The molecule has 2 aliphatic rings. The summed E-state index contributed by atoms with van der Waals surface area (Å²) in [6.07, 6.45) is 3.91. The van der Waals surface area contributed by atoms with Crippen molar-refractivity contribution < 1.29 is 28.7 Å². The molecule has 4 unspecified atom stereocenters. The van der Waals surface area contributed by atoms with Crippen LogP contribution in [0, 0.1) is 17.8 Å². The van der Waals surface area contributed by atoms with Gasteiger partial charge in [-0.05, 0) is 56.4 Å². The van der Waals surface area contributed by atoms with Gasteiger partial charge < -0.3 is 10.1 Å². The van der Waals surface area contributed by atoms with Gasteiger partial charge >= 0.3 is 5.97 Å². The van der Waals surface area contributed by atoms with E-state index in [1.165, 1.54) is 26.0 Å². The van der Waals surface area contributed by atoms with Crippen molar-refractivity contribution >= 4 is 35.2 Å². The first-order valence-electron chi connectivity index (χ1n) is 11.2. The van der Waals surface area contributed by atoms with Gasteiger partial charge in [0.15, 0.2) is 6.10 Å². The number of hydrogen-bond acceptors (Lipinski definition) is 6. The highest BCUT2D eigenvalue weighted by molar-refractivity contribution is 6.08. The minimum absolute atomic E-state index is 0.0243. The van der Waals surface area contributed by atoms with E-state index in [2.05, 4.69) is 5.32 Å². The predicted octanol–water partition coefficient (Wildman–Crippen LogP) is 3.13. The van der Waals surface area contributed by atoms with Crippen LogP contribution in [0.2, 0.25) is 0 Å². The van der Waals surface area contributed by atoms with Gasteiger partial charge in [0, 0.05) is 18.2 Å². The highest BCUT2D eigenvalue weighted by Crippen LogP contribution is 2.37. The van der Waals surface area contributed by atoms with E-state index in [0.29, 0.717) is 24.1 Å². The molecule has 4 atom stereocenters. The number of amides is 3. The summed E-state index contributed by atoms with van der Waals surface area (Å²) in [5.41, 5.74) is 0.859. The fraction of sp³-hybridized carbons (Fsp3) is 0.480. The molecule has 1 aromatic rings. The molecule has 1 fully saturated rings. The molecule has 0 aromatic heterocycles. The number of fused-ring (bicyclic) bond motifs is 1. The fourth-order valence-electron chi connectivity index (χ4n) is 4.35. The number of rotatable bonds is 8. The molecule has 0 saturated carbocycles. The topological polar surface area (TPSA) is 110 Å². The standard InChI is InChI=1S/C25H30N2O6/c1-14(2)13-21(27-23(30)19-7-5-6-8-20(19)24(27)31)25(32)33-15(3)22(29)17-9-11-18(12-10-17)26-16(4)28/h5-6,9-12,14-15,19-21H,7-8,13H2,1-4H3,(H,26,28). The predicted molar refractivity (Wildman–Crippen MR) is 121 cm³/mol. The Morgan fingerprint density at radius 3 is 2.03 bits per heavy atom. The number of Topliss-reactive ketones (excluding diaryl/α,β-unsaturated/α-hetero) is 1. The lowest BCUT2D eigenvalue weighted by Crippen LogP contribution is -2.48. The first-order valence-corrected chi connectivity index (χ1v) is 11.2. The largest absolute Gasteiger partial charge is 0.453 e. The number of allylic oxidation sites excluding steroid dienone is 2. The molecule has 3 amide bonds. The lowest BCUT2D eigenvalue weighted by molar-refractivity contribution is -0.161. The molecule has 176 valence electrons. The Hall–Kier alpha value is -3.29. The zero-order valence-electron chi connectivity index (χ0n) is 19.4. The zero-order chi connectivity index (χ0) is 24.3. The number of likely N-dealkylation sites (tertiary alicyclic amines) is 1. The van der Waals surface area contributed by atoms with Crippen LogP contribution in [0.5, 0.6) is 0 Å². The highest BCUT2D eigenvalue weighted by atomic mass is 16.5. The molecule has 0 radical (unpaired) electrons. The van der Waals surface area contributed by atoms with Crippen molar-refractivity contribution in [1.82, 2.24) is 4.90 Å². The van der Waals surface area contributed by atoms with Crippen LogP contribution in [0.3, 0.4) is 0 Å². The molecule has 1 aromatic carbocycles. The molecule has 0 spiro atoms. The third-order valence-electron chi connectivity index (χ3n) is 5.97. The summed E-state index contributed by atoms with van der Waals surface area (Å²) in [5.74, 6) is -2.94.